The summed E-state index contributed by atoms with van der Waals surface area (Å²) in [4.78, 5) is 0. The third-order valence-corrected chi connectivity index (χ3v) is 10.5. The number of hydrogen-bond donors (Lipinski definition) is 0. The van der Waals surface area contributed by atoms with Crippen molar-refractivity contribution in [1.82, 2.24) is 0 Å². The Kier molecular flexibility index (Phi) is 12.5. The van der Waals surface area contributed by atoms with Crippen molar-refractivity contribution in [3.8, 4) is 0 Å². The van der Waals surface area contributed by atoms with Crippen LogP contribution >= 0.6 is 17.0 Å². The van der Waals surface area contributed by atoms with Crippen LogP contribution in [0.25, 0.3) is 21.5 Å². The van der Waals surface area contributed by atoms with Crippen LogP contribution in [0.3, 0.4) is 0 Å². The molecule has 0 unspecified atom stereocenters. The standard InChI is InChI=1S/2C16H21.C2H4.2ClH.Zr/c2*1-10(2)13-8-14-6-12(5)7-16(14)15(9-13)11(3)4;1-2;;;/h2*6-11H,1-5H3;1H,2H3;2*1H;/q2*-1;;;;+2/p-2. The van der Waals surface area contributed by atoms with E-state index in [1.165, 1.54) is 54.9 Å². The molecule has 4 aromatic carbocycles. The Hall–Kier alpha value is -1.01. The molecule has 0 bridgehead atoms. The molecule has 0 nitrogen and oxygen atoms in total. The van der Waals surface area contributed by atoms with Crippen molar-refractivity contribution in [2.45, 2.75) is 99.8 Å². The van der Waals surface area contributed by atoms with Crippen molar-refractivity contribution >= 4 is 42.3 Å². The molecule has 0 aromatic heterocycles. The van der Waals surface area contributed by atoms with Gasteiger partial charge in [-0.2, -0.15) is 12.1 Å². The van der Waals surface area contributed by atoms with E-state index in [4.69, 9.17) is 17.0 Å². The second kappa shape index (κ2) is 14.4. The maximum atomic E-state index is 5.37. The zero-order chi connectivity index (χ0) is 28.0. The van der Waals surface area contributed by atoms with Gasteiger partial charge in [0, 0.05) is 0 Å². The van der Waals surface area contributed by atoms with E-state index < -0.39 is 18.9 Å². The maximum absolute atomic E-state index is 5.37. The van der Waals surface area contributed by atoms with Gasteiger partial charge in [0.1, 0.15) is 0 Å². The summed E-state index contributed by atoms with van der Waals surface area (Å²) in [6, 6.07) is 18.7. The van der Waals surface area contributed by atoms with Crippen molar-refractivity contribution in [3.63, 3.8) is 0 Å². The van der Waals surface area contributed by atoms with E-state index >= 15 is 0 Å². The number of aryl methyl sites for hydroxylation is 2. The molecule has 0 N–H and O–H groups in total. The molecule has 3 heteroatoms. The molecule has 0 fully saturated rings. The summed E-state index contributed by atoms with van der Waals surface area (Å²) in [7, 11) is 10.7. The quantitative estimate of drug-likeness (QED) is 0.200. The molecule has 4 rings (SSSR count). The van der Waals surface area contributed by atoms with Gasteiger partial charge in [-0.15, -0.1) is 56.9 Å². The Bertz CT molecular complexity index is 1230. The summed E-state index contributed by atoms with van der Waals surface area (Å²) >= 11 is -1.76. The fourth-order valence-corrected chi connectivity index (χ4v) is 4.67. The summed E-state index contributed by atoms with van der Waals surface area (Å²) in [6.45, 7) is 24.4. The molecule has 0 heterocycles. The Morgan fingerprint density at radius 3 is 1.16 bits per heavy atom. The SMILES string of the molecule is C[CH]=[Zr]([Cl])[Cl].Cc1cc2c(C(C)C)cc(C(C)C)cc2[cH-]1.Cc1cc2c(C(C)C)cc(C(C)C)cc2[cH-]1. The van der Waals surface area contributed by atoms with Crippen molar-refractivity contribution in [2.75, 3.05) is 0 Å². The van der Waals surface area contributed by atoms with Crippen LogP contribution in [0.1, 0.15) is 119 Å². The van der Waals surface area contributed by atoms with Gasteiger partial charge in [-0.05, 0) is 23.7 Å². The van der Waals surface area contributed by atoms with Crippen LogP contribution in [0.4, 0.5) is 0 Å². The van der Waals surface area contributed by atoms with Crippen molar-refractivity contribution < 1.29 is 18.9 Å². The maximum Gasteiger partial charge on any atom is -0.0306 e. The van der Waals surface area contributed by atoms with Crippen LogP contribution in [0, 0.1) is 13.8 Å². The van der Waals surface area contributed by atoms with E-state index in [-0.39, 0.29) is 0 Å². The molecule has 4 aromatic rings. The van der Waals surface area contributed by atoms with Crippen molar-refractivity contribution in [1.29, 1.82) is 0 Å². The Labute approximate surface area is 241 Å². The van der Waals surface area contributed by atoms with E-state index in [1.54, 1.807) is 0 Å². The fraction of sp³-hybridized carbons (Fsp3) is 0.441. The van der Waals surface area contributed by atoms with Gasteiger partial charge >= 0.3 is 46.5 Å². The van der Waals surface area contributed by atoms with Gasteiger partial charge in [-0.25, -0.2) is 0 Å². The smallest absolute Gasteiger partial charge is 0.0306 e. The van der Waals surface area contributed by atoms with Gasteiger partial charge in [0.25, 0.3) is 0 Å². The molecule has 0 saturated carbocycles. The first-order valence-electron chi connectivity index (χ1n) is 13.6. The first-order valence-corrected chi connectivity index (χ1v) is 21.4. The molecule has 37 heavy (non-hydrogen) atoms. The van der Waals surface area contributed by atoms with E-state index in [9.17, 15) is 0 Å². The average molecular weight is 617 g/mol. The first kappa shape index (κ1) is 32.2. The first-order chi connectivity index (χ1) is 17.2. The Morgan fingerprint density at radius 2 is 0.919 bits per heavy atom. The number of halogens is 2. The van der Waals surface area contributed by atoms with Crippen LogP contribution in [0.2, 0.25) is 0 Å². The zero-order valence-corrected chi connectivity index (χ0v) is 28.7. The topological polar surface area (TPSA) is 0 Å². The van der Waals surface area contributed by atoms with Gasteiger partial charge in [0.2, 0.25) is 0 Å². The van der Waals surface area contributed by atoms with E-state index in [0.29, 0.717) is 23.7 Å². The largest absolute Gasteiger partial charge is 0.165 e. The number of benzene rings is 2. The van der Waals surface area contributed by atoms with Gasteiger partial charge in [0.15, 0.2) is 0 Å². The zero-order valence-electron chi connectivity index (χ0n) is 24.8. The predicted molar refractivity (Wildman–Crippen MR) is 168 cm³/mol. The third kappa shape index (κ3) is 9.02. The molecule has 0 aliphatic heterocycles. The van der Waals surface area contributed by atoms with Crippen molar-refractivity contribution in [2.24, 2.45) is 0 Å². The molecule has 0 spiro atoms. The molecule has 0 radical (unpaired) electrons. The van der Waals surface area contributed by atoms with E-state index in [2.05, 4.69) is 118 Å². The summed E-state index contributed by atoms with van der Waals surface area (Å²) in [5.74, 6) is 2.42. The third-order valence-electron chi connectivity index (χ3n) is 6.84. The molecule has 202 valence electrons. The minimum Gasteiger partial charge on any atom is -0.165 e. The minimum absolute atomic E-state index is 0.600. The van der Waals surface area contributed by atoms with Gasteiger partial charge < -0.3 is 0 Å². The van der Waals surface area contributed by atoms with Gasteiger partial charge in [-0.3, -0.25) is 0 Å². The van der Waals surface area contributed by atoms with Crippen LogP contribution in [0.15, 0.2) is 48.5 Å². The number of hydrogen-bond acceptors (Lipinski definition) is 0. The summed E-state index contributed by atoms with van der Waals surface area (Å²) in [5, 5.41) is 5.70. The fourth-order valence-electron chi connectivity index (χ4n) is 4.67. The summed E-state index contributed by atoms with van der Waals surface area (Å²) in [6.07, 6.45) is 0. The summed E-state index contributed by atoms with van der Waals surface area (Å²) in [5.41, 5.74) is 8.66. The van der Waals surface area contributed by atoms with Gasteiger partial charge in [-0.1, -0.05) is 104 Å². The second-order valence-electron chi connectivity index (χ2n) is 11.5. The molecule has 0 saturated heterocycles. The van der Waals surface area contributed by atoms with Crippen LogP contribution < -0.4 is 0 Å². The van der Waals surface area contributed by atoms with E-state index in [1.807, 2.05) is 10.6 Å². The van der Waals surface area contributed by atoms with Crippen LogP contribution in [0.5, 0.6) is 0 Å². The number of rotatable bonds is 4. The summed E-state index contributed by atoms with van der Waals surface area (Å²) < 4.78 is 1.89. The van der Waals surface area contributed by atoms with E-state index in [0.717, 1.165) is 0 Å². The Balaban J connectivity index is 0.000000221. The predicted octanol–water partition coefficient (Wildman–Crippen LogP) is 12.0. The van der Waals surface area contributed by atoms with Crippen LogP contribution in [-0.4, -0.2) is 3.71 Å². The molecule has 0 atom stereocenters. The molecule has 0 amide bonds. The van der Waals surface area contributed by atoms with Crippen molar-refractivity contribution in [3.05, 3.63) is 81.9 Å². The normalized spacial score (nSPS) is 11.3. The molecule has 0 aliphatic carbocycles. The monoisotopic (exact) mass is 614 g/mol. The molecule has 0 aliphatic rings. The second-order valence-corrected chi connectivity index (χ2v) is 20.3. The van der Waals surface area contributed by atoms with Gasteiger partial charge in [0.05, 0.1) is 0 Å². The van der Waals surface area contributed by atoms with Crippen LogP contribution in [-0.2, 0) is 18.9 Å². The minimum atomic E-state index is -1.76. The Morgan fingerprint density at radius 1 is 0.595 bits per heavy atom. The molecular weight excluding hydrogens is 571 g/mol. The average Bonchev–Trinajstić information content (AvgIpc) is 3.38. The number of fused-ring (bicyclic) bond motifs is 2. The molecular formula is C34H46Cl2Zr-2.